The molecule has 0 atom stereocenters. The minimum Gasteiger partial charge on any atom is -0.316 e. The van der Waals surface area contributed by atoms with Gasteiger partial charge >= 0.3 is 0 Å². The van der Waals surface area contributed by atoms with E-state index < -0.39 is 0 Å². The highest BCUT2D eigenvalue weighted by atomic mass is 15.0. The number of aromatic nitrogens is 4. The molecule has 0 fully saturated rings. The summed E-state index contributed by atoms with van der Waals surface area (Å²) in [5, 5.41) is 3.04. The topological polar surface area (TPSA) is 63.6 Å². The number of hydrogen-bond donors (Lipinski definition) is 1. The van der Waals surface area contributed by atoms with Gasteiger partial charge < -0.3 is 5.32 Å². The van der Waals surface area contributed by atoms with E-state index >= 15 is 0 Å². The monoisotopic (exact) mass is 215 g/mol. The molecule has 0 spiro atoms. The van der Waals surface area contributed by atoms with Crippen molar-refractivity contribution < 1.29 is 0 Å². The van der Waals surface area contributed by atoms with Crippen molar-refractivity contribution in [2.24, 2.45) is 0 Å². The van der Waals surface area contributed by atoms with Gasteiger partial charge in [-0.1, -0.05) is 0 Å². The predicted octanol–water partition coefficient (Wildman–Crippen LogP) is 0.961. The van der Waals surface area contributed by atoms with Crippen LogP contribution >= 0.6 is 0 Å². The average molecular weight is 215 g/mol. The van der Waals surface area contributed by atoms with Gasteiger partial charge in [0.15, 0.2) is 11.6 Å². The first-order valence-corrected chi connectivity index (χ1v) is 5.04. The molecule has 2 heterocycles. The quantitative estimate of drug-likeness (QED) is 0.826. The SMILES string of the molecule is CNCc1cnc(-c2ncc(C)cn2)nc1. The second-order valence-electron chi connectivity index (χ2n) is 3.53. The van der Waals surface area contributed by atoms with Gasteiger partial charge in [-0.05, 0) is 19.5 Å². The van der Waals surface area contributed by atoms with Crippen LogP contribution in [0.15, 0.2) is 24.8 Å². The van der Waals surface area contributed by atoms with Gasteiger partial charge in [-0.2, -0.15) is 0 Å². The molecule has 5 heteroatoms. The molecule has 0 amide bonds. The van der Waals surface area contributed by atoms with E-state index in [2.05, 4.69) is 25.3 Å². The van der Waals surface area contributed by atoms with Gasteiger partial charge in [-0.3, -0.25) is 0 Å². The van der Waals surface area contributed by atoms with Crippen molar-refractivity contribution >= 4 is 0 Å². The maximum absolute atomic E-state index is 4.22. The molecule has 2 aromatic rings. The van der Waals surface area contributed by atoms with Crippen LogP contribution < -0.4 is 5.32 Å². The zero-order chi connectivity index (χ0) is 11.4. The zero-order valence-corrected chi connectivity index (χ0v) is 9.31. The Bertz CT molecular complexity index is 449. The van der Waals surface area contributed by atoms with E-state index in [1.807, 2.05) is 14.0 Å². The molecule has 16 heavy (non-hydrogen) atoms. The van der Waals surface area contributed by atoms with Crippen LogP contribution in [0, 0.1) is 6.92 Å². The summed E-state index contributed by atoms with van der Waals surface area (Å²) < 4.78 is 0. The number of hydrogen-bond acceptors (Lipinski definition) is 5. The number of nitrogens with zero attached hydrogens (tertiary/aromatic N) is 4. The van der Waals surface area contributed by atoms with E-state index in [1.165, 1.54) is 0 Å². The maximum atomic E-state index is 4.22. The Morgan fingerprint density at radius 2 is 1.44 bits per heavy atom. The largest absolute Gasteiger partial charge is 0.316 e. The first kappa shape index (κ1) is 10.6. The molecular weight excluding hydrogens is 202 g/mol. The Hall–Kier alpha value is -1.88. The summed E-state index contributed by atoms with van der Waals surface area (Å²) in [6.07, 6.45) is 7.07. The van der Waals surface area contributed by atoms with Crippen LogP contribution in [-0.4, -0.2) is 27.0 Å². The number of nitrogens with one attached hydrogen (secondary N) is 1. The lowest BCUT2D eigenvalue weighted by Gasteiger charge is -2.01. The highest BCUT2D eigenvalue weighted by Crippen LogP contribution is 2.07. The molecule has 0 saturated heterocycles. The lowest BCUT2D eigenvalue weighted by molar-refractivity contribution is 0.806. The standard InChI is InChI=1S/C11H13N5/c1-8-3-13-10(14-4-8)11-15-6-9(5-12-2)7-16-11/h3-4,6-7,12H,5H2,1-2H3. The van der Waals surface area contributed by atoms with E-state index in [-0.39, 0.29) is 0 Å². The summed E-state index contributed by atoms with van der Waals surface area (Å²) in [6.45, 7) is 2.70. The summed E-state index contributed by atoms with van der Waals surface area (Å²) in [6, 6.07) is 0. The summed E-state index contributed by atoms with van der Waals surface area (Å²) >= 11 is 0. The Morgan fingerprint density at radius 3 is 1.94 bits per heavy atom. The van der Waals surface area contributed by atoms with Gasteiger partial charge in [0.2, 0.25) is 0 Å². The molecule has 1 N–H and O–H groups in total. The molecule has 0 aromatic carbocycles. The molecule has 2 rings (SSSR count). The van der Waals surface area contributed by atoms with E-state index in [4.69, 9.17) is 0 Å². The van der Waals surface area contributed by atoms with Crippen molar-refractivity contribution in [1.82, 2.24) is 25.3 Å². The fraction of sp³-hybridized carbons (Fsp3) is 0.273. The van der Waals surface area contributed by atoms with Crippen molar-refractivity contribution in [3.63, 3.8) is 0 Å². The van der Waals surface area contributed by atoms with Crippen molar-refractivity contribution in [2.45, 2.75) is 13.5 Å². The van der Waals surface area contributed by atoms with Gasteiger partial charge in [-0.25, -0.2) is 19.9 Å². The van der Waals surface area contributed by atoms with E-state index in [0.717, 1.165) is 17.7 Å². The van der Waals surface area contributed by atoms with E-state index in [0.29, 0.717) is 11.6 Å². The van der Waals surface area contributed by atoms with Crippen LogP contribution in [0.5, 0.6) is 0 Å². The minimum atomic E-state index is 0.555. The molecule has 0 aliphatic rings. The molecule has 0 saturated carbocycles. The molecule has 5 nitrogen and oxygen atoms in total. The average Bonchev–Trinajstić information content (AvgIpc) is 2.32. The third-order valence-electron chi connectivity index (χ3n) is 2.07. The predicted molar refractivity (Wildman–Crippen MR) is 60.6 cm³/mol. The summed E-state index contributed by atoms with van der Waals surface area (Å²) in [4.78, 5) is 16.8. The van der Waals surface area contributed by atoms with E-state index in [1.54, 1.807) is 24.8 Å². The smallest absolute Gasteiger partial charge is 0.197 e. The van der Waals surface area contributed by atoms with E-state index in [9.17, 15) is 0 Å². The lowest BCUT2D eigenvalue weighted by Crippen LogP contribution is -2.06. The Morgan fingerprint density at radius 1 is 0.938 bits per heavy atom. The van der Waals surface area contributed by atoms with Gasteiger partial charge in [-0.15, -0.1) is 0 Å². The first-order valence-electron chi connectivity index (χ1n) is 5.04. The van der Waals surface area contributed by atoms with Crippen molar-refractivity contribution in [1.29, 1.82) is 0 Å². The van der Waals surface area contributed by atoms with Gasteiger partial charge in [0.1, 0.15) is 0 Å². The van der Waals surface area contributed by atoms with Crippen LogP contribution in [0.25, 0.3) is 11.6 Å². The molecular formula is C11H13N5. The van der Waals surface area contributed by atoms with Crippen LogP contribution in [0.4, 0.5) is 0 Å². The second-order valence-corrected chi connectivity index (χ2v) is 3.53. The number of rotatable bonds is 3. The highest BCUT2D eigenvalue weighted by Gasteiger charge is 2.03. The summed E-state index contributed by atoms with van der Waals surface area (Å²) in [5.41, 5.74) is 2.06. The van der Waals surface area contributed by atoms with Gasteiger partial charge in [0.05, 0.1) is 0 Å². The summed E-state index contributed by atoms with van der Waals surface area (Å²) in [5.74, 6) is 1.11. The third-order valence-corrected chi connectivity index (χ3v) is 2.07. The zero-order valence-electron chi connectivity index (χ0n) is 9.31. The van der Waals surface area contributed by atoms with Crippen LogP contribution in [0.1, 0.15) is 11.1 Å². The first-order chi connectivity index (χ1) is 7.79. The molecule has 2 aromatic heterocycles. The van der Waals surface area contributed by atoms with Crippen LogP contribution in [-0.2, 0) is 6.54 Å². The Labute approximate surface area is 94.0 Å². The van der Waals surface area contributed by atoms with Crippen LogP contribution in [0.2, 0.25) is 0 Å². The van der Waals surface area contributed by atoms with Crippen molar-refractivity contribution in [2.75, 3.05) is 7.05 Å². The van der Waals surface area contributed by atoms with Crippen LogP contribution in [0.3, 0.4) is 0 Å². The molecule has 82 valence electrons. The van der Waals surface area contributed by atoms with Gasteiger partial charge in [0, 0.05) is 36.9 Å². The third kappa shape index (κ3) is 2.38. The Kier molecular flexibility index (Phi) is 3.16. The number of aryl methyl sites for hydroxylation is 1. The normalized spacial score (nSPS) is 10.4. The lowest BCUT2D eigenvalue weighted by atomic mass is 10.3. The summed E-state index contributed by atoms with van der Waals surface area (Å²) in [7, 11) is 1.89. The minimum absolute atomic E-state index is 0.555. The second kappa shape index (κ2) is 4.76. The molecule has 0 bridgehead atoms. The maximum Gasteiger partial charge on any atom is 0.197 e. The molecule has 0 aliphatic heterocycles. The molecule has 0 aliphatic carbocycles. The molecule has 0 radical (unpaired) electrons. The fourth-order valence-electron chi connectivity index (χ4n) is 1.27. The van der Waals surface area contributed by atoms with Crippen molar-refractivity contribution in [3.05, 3.63) is 35.9 Å². The Balaban J connectivity index is 2.24. The van der Waals surface area contributed by atoms with Gasteiger partial charge in [0.25, 0.3) is 0 Å². The fourth-order valence-corrected chi connectivity index (χ4v) is 1.27. The molecule has 0 unspecified atom stereocenters. The van der Waals surface area contributed by atoms with Crippen molar-refractivity contribution in [3.8, 4) is 11.6 Å². The highest BCUT2D eigenvalue weighted by molar-refractivity contribution is 5.41.